The first-order valence-corrected chi connectivity index (χ1v) is 8.19. The van der Waals surface area contributed by atoms with Crippen LogP contribution < -0.4 is 5.32 Å². The van der Waals surface area contributed by atoms with Crippen LogP contribution in [0.4, 0.5) is 9.59 Å². The third kappa shape index (κ3) is 5.47. The van der Waals surface area contributed by atoms with E-state index in [2.05, 4.69) is 5.32 Å². The van der Waals surface area contributed by atoms with Crippen LogP contribution in [0, 0.1) is 0 Å². The van der Waals surface area contributed by atoms with Crippen LogP contribution in [-0.2, 0) is 11.3 Å². The number of benzene rings is 1. The molecule has 1 aromatic rings. The molecule has 126 valence electrons. The van der Waals surface area contributed by atoms with Gasteiger partial charge in [0.15, 0.2) is 0 Å². The molecule has 6 heteroatoms. The minimum Gasteiger partial charge on any atom is -0.445 e. The molecule has 0 aromatic heterocycles. The monoisotopic (exact) mass is 319 g/mol. The highest BCUT2D eigenvalue weighted by molar-refractivity contribution is 5.74. The van der Waals surface area contributed by atoms with Crippen molar-refractivity contribution in [2.24, 2.45) is 0 Å². The maximum absolute atomic E-state index is 12.2. The molecule has 1 aliphatic heterocycles. The molecular formula is C17H25N3O3. The molecule has 1 aromatic carbocycles. The fourth-order valence-electron chi connectivity index (χ4n) is 2.46. The second kappa shape index (κ2) is 9.02. The maximum atomic E-state index is 12.2. The average Bonchev–Trinajstić information content (AvgIpc) is 2.84. The Hall–Kier alpha value is -2.24. The minimum atomic E-state index is -0.315. The summed E-state index contributed by atoms with van der Waals surface area (Å²) < 4.78 is 5.35. The van der Waals surface area contributed by atoms with Crippen molar-refractivity contribution < 1.29 is 14.3 Å². The summed E-state index contributed by atoms with van der Waals surface area (Å²) in [5.41, 5.74) is 0.969. The molecule has 0 bridgehead atoms. The van der Waals surface area contributed by atoms with Crippen LogP contribution in [0.15, 0.2) is 30.3 Å². The van der Waals surface area contributed by atoms with E-state index in [1.165, 1.54) is 0 Å². The lowest BCUT2D eigenvalue weighted by Crippen LogP contribution is -2.42. The lowest BCUT2D eigenvalue weighted by molar-refractivity contribution is 0.0975. The zero-order valence-electron chi connectivity index (χ0n) is 13.7. The molecule has 0 radical (unpaired) electrons. The van der Waals surface area contributed by atoms with E-state index in [9.17, 15) is 9.59 Å². The van der Waals surface area contributed by atoms with Gasteiger partial charge >= 0.3 is 12.1 Å². The average molecular weight is 319 g/mol. The van der Waals surface area contributed by atoms with Gasteiger partial charge in [0, 0.05) is 32.7 Å². The van der Waals surface area contributed by atoms with E-state index in [1.54, 1.807) is 9.80 Å². The minimum absolute atomic E-state index is 0.0497. The highest BCUT2D eigenvalue weighted by Crippen LogP contribution is 2.07. The topological polar surface area (TPSA) is 61.9 Å². The molecule has 0 aliphatic carbocycles. The van der Waals surface area contributed by atoms with Gasteiger partial charge in [0.25, 0.3) is 0 Å². The fraction of sp³-hybridized carbons (Fsp3) is 0.529. The van der Waals surface area contributed by atoms with E-state index in [-0.39, 0.29) is 18.7 Å². The first-order chi connectivity index (χ1) is 11.2. The van der Waals surface area contributed by atoms with Crippen LogP contribution in [0.25, 0.3) is 0 Å². The molecule has 0 saturated carbocycles. The zero-order valence-corrected chi connectivity index (χ0v) is 13.7. The molecule has 3 amide bonds. The summed E-state index contributed by atoms with van der Waals surface area (Å²) in [6, 6.07) is 9.57. The number of carbonyl (C=O) groups excluding carboxylic acids is 2. The first kappa shape index (κ1) is 17.1. The maximum Gasteiger partial charge on any atom is 0.410 e. The number of amides is 3. The molecule has 0 atom stereocenters. The van der Waals surface area contributed by atoms with E-state index < -0.39 is 0 Å². The number of carbonyl (C=O) groups is 2. The zero-order chi connectivity index (χ0) is 16.5. The predicted molar refractivity (Wildman–Crippen MR) is 88.1 cm³/mol. The smallest absolute Gasteiger partial charge is 0.410 e. The van der Waals surface area contributed by atoms with Crippen molar-refractivity contribution in [1.82, 2.24) is 15.1 Å². The third-order valence-electron chi connectivity index (χ3n) is 3.77. The van der Waals surface area contributed by atoms with Gasteiger partial charge in [-0.1, -0.05) is 37.3 Å². The van der Waals surface area contributed by atoms with E-state index in [0.717, 1.165) is 18.4 Å². The molecule has 1 N–H and O–H groups in total. The lowest BCUT2D eigenvalue weighted by atomic mass is 10.2. The quantitative estimate of drug-likeness (QED) is 0.927. The molecule has 1 heterocycles. The highest BCUT2D eigenvalue weighted by atomic mass is 16.6. The van der Waals surface area contributed by atoms with Crippen molar-refractivity contribution in [3.05, 3.63) is 35.9 Å². The van der Waals surface area contributed by atoms with Gasteiger partial charge in [-0.25, -0.2) is 9.59 Å². The molecule has 0 spiro atoms. The van der Waals surface area contributed by atoms with Crippen molar-refractivity contribution >= 4 is 12.1 Å². The Kier molecular flexibility index (Phi) is 6.72. The Labute approximate surface area is 137 Å². The van der Waals surface area contributed by atoms with Crippen LogP contribution in [0.3, 0.4) is 0 Å². The standard InChI is InChI=1S/C17H25N3O3/c1-2-9-18-16(21)19-10-6-11-20(13-12-19)17(22)23-14-15-7-4-3-5-8-15/h3-5,7-8H,2,6,9-14H2,1H3,(H,18,21). The number of ether oxygens (including phenoxy) is 1. The number of nitrogens with one attached hydrogen (secondary N) is 1. The van der Waals surface area contributed by atoms with Crippen LogP contribution in [0.1, 0.15) is 25.3 Å². The molecule has 1 fully saturated rings. The van der Waals surface area contributed by atoms with Gasteiger partial charge in [-0.3, -0.25) is 0 Å². The van der Waals surface area contributed by atoms with Gasteiger partial charge in [0.2, 0.25) is 0 Å². The Balaban J connectivity index is 1.78. The summed E-state index contributed by atoms with van der Waals surface area (Å²) in [7, 11) is 0. The highest BCUT2D eigenvalue weighted by Gasteiger charge is 2.22. The van der Waals surface area contributed by atoms with Crippen LogP contribution in [0.2, 0.25) is 0 Å². The van der Waals surface area contributed by atoms with Gasteiger partial charge in [-0.05, 0) is 18.4 Å². The number of urea groups is 1. The second-order valence-corrected chi connectivity index (χ2v) is 5.60. The lowest BCUT2D eigenvalue weighted by Gasteiger charge is -2.22. The van der Waals surface area contributed by atoms with E-state index in [0.29, 0.717) is 32.7 Å². The number of rotatable bonds is 4. The third-order valence-corrected chi connectivity index (χ3v) is 3.77. The Morgan fingerprint density at radius 3 is 2.52 bits per heavy atom. The Morgan fingerprint density at radius 1 is 1.09 bits per heavy atom. The number of hydrogen-bond donors (Lipinski definition) is 1. The van der Waals surface area contributed by atoms with Crippen molar-refractivity contribution in [3.8, 4) is 0 Å². The SMILES string of the molecule is CCCNC(=O)N1CCCN(C(=O)OCc2ccccc2)CC1. The number of nitrogens with zero attached hydrogens (tertiary/aromatic N) is 2. The molecule has 0 unspecified atom stereocenters. The summed E-state index contributed by atoms with van der Waals surface area (Å²) in [6.07, 6.45) is 1.36. The summed E-state index contributed by atoms with van der Waals surface area (Å²) in [5.74, 6) is 0. The van der Waals surface area contributed by atoms with Crippen LogP contribution >= 0.6 is 0 Å². The van der Waals surface area contributed by atoms with Crippen molar-refractivity contribution in [1.29, 1.82) is 0 Å². The Morgan fingerprint density at radius 2 is 1.78 bits per heavy atom. The second-order valence-electron chi connectivity index (χ2n) is 5.60. The molecule has 1 aliphatic rings. The van der Waals surface area contributed by atoms with Crippen molar-refractivity contribution in [2.75, 3.05) is 32.7 Å². The molecule has 1 saturated heterocycles. The Bertz CT molecular complexity index is 507. The van der Waals surface area contributed by atoms with Gasteiger partial charge in [-0.2, -0.15) is 0 Å². The first-order valence-electron chi connectivity index (χ1n) is 8.19. The summed E-state index contributed by atoms with van der Waals surface area (Å²) >= 11 is 0. The fourth-order valence-corrected chi connectivity index (χ4v) is 2.46. The van der Waals surface area contributed by atoms with Crippen LogP contribution in [0.5, 0.6) is 0 Å². The van der Waals surface area contributed by atoms with E-state index >= 15 is 0 Å². The predicted octanol–water partition coefficient (Wildman–Crippen LogP) is 2.45. The molecule has 23 heavy (non-hydrogen) atoms. The van der Waals surface area contributed by atoms with Crippen molar-refractivity contribution in [3.63, 3.8) is 0 Å². The number of hydrogen-bond acceptors (Lipinski definition) is 3. The summed E-state index contributed by atoms with van der Waals surface area (Å²) in [6.45, 7) is 5.30. The molecule has 2 rings (SSSR count). The van der Waals surface area contributed by atoms with Gasteiger partial charge < -0.3 is 19.9 Å². The van der Waals surface area contributed by atoms with E-state index in [4.69, 9.17) is 4.74 Å². The molecular weight excluding hydrogens is 294 g/mol. The summed E-state index contributed by atoms with van der Waals surface area (Å²) in [5, 5.41) is 2.87. The van der Waals surface area contributed by atoms with E-state index in [1.807, 2.05) is 37.3 Å². The van der Waals surface area contributed by atoms with Gasteiger partial charge in [-0.15, -0.1) is 0 Å². The van der Waals surface area contributed by atoms with Crippen LogP contribution in [-0.4, -0.2) is 54.6 Å². The normalized spacial score (nSPS) is 15.0. The van der Waals surface area contributed by atoms with Gasteiger partial charge in [0.1, 0.15) is 6.61 Å². The molecule has 6 nitrogen and oxygen atoms in total. The van der Waals surface area contributed by atoms with Gasteiger partial charge in [0.05, 0.1) is 0 Å². The summed E-state index contributed by atoms with van der Waals surface area (Å²) in [4.78, 5) is 27.6. The largest absolute Gasteiger partial charge is 0.445 e. The van der Waals surface area contributed by atoms with Crippen molar-refractivity contribution in [2.45, 2.75) is 26.4 Å².